The number of carbonyl (C=O) groups is 2. The first-order valence-electron chi connectivity index (χ1n) is 11.2. The second-order valence-corrected chi connectivity index (χ2v) is 10.2. The van der Waals surface area contributed by atoms with Gasteiger partial charge in [0.25, 0.3) is 5.91 Å². The number of unbranched alkanes of at least 4 members (excludes halogenated alkanes) is 5. The average molecular weight is 559 g/mol. The molecule has 1 heterocycles. The highest BCUT2D eigenvalue weighted by molar-refractivity contribution is 9.10. The number of thiocarbonyl (C=S) groups is 1. The topological polar surface area (TPSA) is 65.1 Å². The Morgan fingerprint density at radius 1 is 1.15 bits per heavy atom. The zero-order valence-corrected chi connectivity index (χ0v) is 22.7. The number of nitrogens with zero attached hydrogens (tertiary/aromatic N) is 1. The quantitative estimate of drug-likeness (QED) is 0.114. The van der Waals surface area contributed by atoms with E-state index in [0.717, 1.165) is 42.1 Å². The standard InChI is InChI=1S/C24H32BrNO5S2/c1-4-5-6-10-13-31-22-18(25)14-17(15-19(22)29-2)16-20-23(28)26(24(32)33-20)12-9-7-8-11-21(27)30-3/h14-16H,4-13H2,1-3H3/b20-16-. The van der Waals surface area contributed by atoms with Crippen LogP contribution in [0.15, 0.2) is 21.5 Å². The van der Waals surface area contributed by atoms with E-state index in [4.69, 9.17) is 21.7 Å². The molecule has 1 aromatic rings. The number of esters is 1. The van der Waals surface area contributed by atoms with E-state index in [9.17, 15) is 9.59 Å². The molecule has 1 aromatic carbocycles. The molecule has 6 nitrogen and oxygen atoms in total. The van der Waals surface area contributed by atoms with Gasteiger partial charge in [-0.25, -0.2) is 0 Å². The lowest BCUT2D eigenvalue weighted by molar-refractivity contribution is -0.140. The van der Waals surface area contributed by atoms with E-state index < -0.39 is 0 Å². The highest BCUT2D eigenvalue weighted by Gasteiger charge is 2.31. The molecule has 0 spiro atoms. The van der Waals surface area contributed by atoms with Gasteiger partial charge in [0.2, 0.25) is 0 Å². The van der Waals surface area contributed by atoms with E-state index in [2.05, 4.69) is 27.6 Å². The van der Waals surface area contributed by atoms with Crippen LogP contribution in [0.5, 0.6) is 11.5 Å². The van der Waals surface area contributed by atoms with Crippen LogP contribution in [0.2, 0.25) is 0 Å². The fourth-order valence-electron chi connectivity index (χ4n) is 3.33. The summed E-state index contributed by atoms with van der Waals surface area (Å²) in [6.07, 6.45) is 9.08. The van der Waals surface area contributed by atoms with Crippen LogP contribution in [0, 0.1) is 0 Å². The Hall–Kier alpha value is -1.58. The summed E-state index contributed by atoms with van der Waals surface area (Å²) in [5.74, 6) is 0.986. The number of hydrogen-bond donors (Lipinski definition) is 0. The molecular formula is C24H32BrNO5S2. The van der Waals surface area contributed by atoms with Gasteiger partial charge in [0.05, 0.1) is 30.2 Å². The lowest BCUT2D eigenvalue weighted by Gasteiger charge is -2.14. The molecule has 0 N–H and O–H groups in total. The van der Waals surface area contributed by atoms with Gasteiger partial charge in [0.1, 0.15) is 4.32 Å². The van der Waals surface area contributed by atoms with Crippen molar-refractivity contribution in [3.05, 3.63) is 27.1 Å². The van der Waals surface area contributed by atoms with Gasteiger partial charge in [-0.05, 0) is 59.0 Å². The van der Waals surface area contributed by atoms with E-state index in [1.54, 1.807) is 12.0 Å². The Morgan fingerprint density at radius 3 is 2.61 bits per heavy atom. The van der Waals surface area contributed by atoms with Gasteiger partial charge >= 0.3 is 5.97 Å². The van der Waals surface area contributed by atoms with Crippen LogP contribution in [-0.2, 0) is 14.3 Å². The molecule has 0 atom stereocenters. The molecule has 0 radical (unpaired) electrons. The van der Waals surface area contributed by atoms with Crippen LogP contribution < -0.4 is 9.47 Å². The third kappa shape index (κ3) is 8.61. The van der Waals surface area contributed by atoms with Crippen molar-refractivity contribution in [3.8, 4) is 11.5 Å². The van der Waals surface area contributed by atoms with Crippen LogP contribution in [0.4, 0.5) is 0 Å². The first kappa shape index (κ1) is 27.7. The molecule has 1 saturated heterocycles. The van der Waals surface area contributed by atoms with Crippen LogP contribution in [-0.4, -0.2) is 48.5 Å². The fourth-order valence-corrected chi connectivity index (χ4v) is 5.21. The van der Waals surface area contributed by atoms with Gasteiger partial charge in [0.15, 0.2) is 11.5 Å². The number of thioether (sulfide) groups is 1. The Balaban J connectivity index is 1.99. The van der Waals surface area contributed by atoms with Crippen LogP contribution in [0.3, 0.4) is 0 Å². The molecular weight excluding hydrogens is 526 g/mol. The summed E-state index contributed by atoms with van der Waals surface area (Å²) in [6, 6.07) is 3.79. The third-order valence-electron chi connectivity index (χ3n) is 5.16. The van der Waals surface area contributed by atoms with Crippen molar-refractivity contribution < 1.29 is 23.8 Å². The summed E-state index contributed by atoms with van der Waals surface area (Å²) < 4.78 is 17.5. The maximum absolute atomic E-state index is 12.9. The molecule has 9 heteroatoms. The number of benzene rings is 1. The molecule has 33 heavy (non-hydrogen) atoms. The average Bonchev–Trinajstić information content (AvgIpc) is 3.06. The predicted molar refractivity (Wildman–Crippen MR) is 141 cm³/mol. The minimum absolute atomic E-state index is 0.0932. The summed E-state index contributed by atoms with van der Waals surface area (Å²) in [5, 5.41) is 0. The van der Waals surface area contributed by atoms with E-state index >= 15 is 0 Å². The molecule has 0 bridgehead atoms. The van der Waals surface area contributed by atoms with Crippen molar-refractivity contribution in [1.82, 2.24) is 4.90 Å². The first-order chi connectivity index (χ1) is 15.9. The Kier molecular flexibility index (Phi) is 12.3. The van der Waals surface area contributed by atoms with Gasteiger partial charge in [-0.15, -0.1) is 0 Å². The van der Waals surface area contributed by atoms with Gasteiger partial charge in [-0.1, -0.05) is 56.6 Å². The molecule has 0 saturated carbocycles. The summed E-state index contributed by atoms with van der Waals surface area (Å²) in [4.78, 5) is 26.3. The normalized spacial score (nSPS) is 14.8. The molecule has 1 aliphatic rings. The van der Waals surface area contributed by atoms with Gasteiger partial charge < -0.3 is 14.2 Å². The van der Waals surface area contributed by atoms with Crippen LogP contribution in [0.1, 0.15) is 63.9 Å². The number of ether oxygens (including phenoxy) is 3. The molecule has 1 fully saturated rings. The predicted octanol–water partition coefficient (Wildman–Crippen LogP) is 6.35. The number of hydrogen-bond acceptors (Lipinski definition) is 7. The number of halogens is 1. The summed E-state index contributed by atoms with van der Waals surface area (Å²) >= 11 is 10.3. The molecule has 182 valence electrons. The van der Waals surface area contributed by atoms with E-state index in [1.165, 1.54) is 31.7 Å². The lowest BCUT2D eigenvalue weighted by Crippen LogP contribution is -2.29. The van der Waals surface area contributed by atoms with Gasteiger partial charge in [-0.3, -0.25) is 14.5 Å². The zero-order chi connectivity index (χ0) is 24.2. The second kappa shape index (κ2) is 14.6. The lowest BCUT2D eigenvalue weighted by atomic mass is 10.1. The highest BCUT2D eigenvalue weighted by Crippen LogP contribution is 2.39. The maximum atomic E-state index is 12.9. The number of methoxy groups -OCH3 is 2. The molecule has 2 rings (SSSR count). The van der Waals surface area contributed by atoms with Gasteiger partial charge in [-0.2, -0.15) is 0 Å². The number of rotatable bonds is 14. The molecule has 0 aliphatic carbocycles. The largest absolute Gasteiger partial charge is 0.493 e. The second-order valence-electron chi connectivity index (χ2n) is 7.66. The molecule has 0 unspecified atom stereocenters. The Bertz CT molecular complexity index is 875. The number of carbonyl (C=O) groups excluding carboxylic acids is 2. The third-order valence-corrected chi connectivity index (χ3v) is 7.12. The van der Waals surface area contributed by atoms with Crippen molar-refractivity contribution in [2.75, 3.05) is 27.4 Å². The van der Waals surface area contributed by atoms with Crippen molar-refractivity contribution in [2.45, 2.75) is 58.3 Å². The highest BCUT2D eigenvalue weighted by atomic mass is 79.9. The smallest absolute Gasteiger partial charge is 0.305 e. The van der Waals surface area contributed by atoms with E-state index in [0.29, 0.717) is 40.3 Å². The van der Waals surface area contributed by atoms with E-state index in [1.807, 2.05) is 18.2 Å². The minimum Gasteiger partial charge on any atom is -0.493 e. The van der Waals surface area contributed by atoms with E-state index in [-0.39, 0.29) is 11.9 Å². The molecule has 1 aliphatic heterocycles. The Labute approximate surface area is 214 Å². The first-order valence-corrected chi connectivity index (χ1v) is 13.3. The maximum Gasteiger partial charge on any atom is 0.305 e. The van der Waals surface area contributed by atoms with Gasteiger partial charge in [0, 0.05) is 13.0 Å². The fraction of sp³-hybridized carbons (Fsp3) is 0.542. The summed E-state index contributed by atoms with van der Waals surface area (Å²) in [5.41, 5.74) is 0.829. The monoisotopic (exact) mass is 557 g/mol. The van der Waals surface area contributed by atoms with Crippen molar-refractivity contribution in [2.24, 2.45) is 0 Å². The Morgan fingerprint density at radius 2 is 1.91 bits per heavy atom. The SMILES string of the molecule is CCCCCCOc1c(Br)cc(/C=C2\SC(=S)N(CCCCCC(=O)OC)C2=O)cc1OC. The van der Waals surface area contributed by atoms with Crippen molar-refractivity contribution >= 4 is 62.2 Å². The molecule has 0 aromatic heterocycles. The number of amides is 1. The van der Waals surface area contributed by atoms with Crippen LogP contribution >= 0.6 is 39.9 Å². The molecule has 1 amide bonds. The van der Waals surface area contributed by atoms with Crippen molar-refractivity contribution in [3.63, 3.8) is 0 Å². The summed E-state index contributed by atoms with van der Waals surface area (Å²) in [7, 11) is 2.99. The van der Waals surface area contributed by atoms with Crippen molar-refractivity contribution in [1.29, 1.82) is 0 Å². The van der Waals surface area contributed by atoms with Crippen LogP contribution in [0.25, 0.3) is 6.08 Å². The summed E-state index contributed by atoms with van der Waals surface area (Å²) in [6.45, 7) is 3.36. The minimum atomic E-state index is -0.210. The zero-order valence-electron chi connectivity index (χ0n) is 19.5.